The molecule has 0 aromatic rings. The summed E-state index contributed by atoms with van der Waals surface area (Å²) in [6, 6.07) is 0. The Balaban J connectivity index is 2.06. The fourth-order valence-corrected chi connectivity index (χ4v) is 4.16. The SMILES string of the molecule is C=C(C)C1=C2CC3CCCCC3C2=C(N)CC1. The van der Waals surface area contributed by atoms with Crippen molar-refractivity contribution < 1.29 is 0 Å². The lowest BCUT2D eigenvalue weighted by molar-refractivity contribution is 0.303. The van der Waals surface area contributed by atoms with Gasteiger partial charge in [0, 0.05) is 5.70 Å². The lowest BCUT2D eigenvalue weighted by Crippen LogP contribution is -2.18. The average Bonchev–Trinajstić information content (AvgIpc) is 2.68. The van der Waals surface area contributed by atoms with Crippen LogP contribution in [-0.2, 0) is 0 Å². The van der Waals surface area contributed by atoms with Gasteiger partial charge in [-0.25, -0.2) is 0 Å². The first-order chi connectivity index (χ1) is 8.18. The number of hydrogen-bond donors (Lipinski definition) is 1. The van der Waals surface area contributed by atoms with E-state index in [9.17, 15) is 0 Å². The van der Waals surface area contributed by atoms with E-state index < -0.39 is 0 Å². The molecule has 0 saturated heterocycles. The zero-order chi connectivity index (χ0) is 12.0. The fraction of sp³-hybridized carbons (Fsp3) is 0.625. The smallest absolute Gasteiger partial charge is 0.0122 e. The van der Waals surface area contributed by atoms with E-state index in [4.69, 9.17) is 5.73 Å². The van der Waals surface area contributed by atoms with Crippen molar-refractivity contribution in [1.82, 2.24) is 0 Å². The highest BCUT2D eigenvalue weighted by atomic mass is 14.6. The van der Waals surface area contributed by atoms with Gasteiger partial charge in [-0.2, -0.15) is 0 Å². The summed E-state index contributed by atoms with van der Waals surface area (Å²) in [5, 5.41) is 0. The molecule has 3 aliphatic carbocycles. The molecular weight excluding hydrogens is 206 g/mol. The predicted octanol–water partition coefficient (Wildman–Crippen LogP) is 4.08. The van der Waals surface area contributed by atoms with Crippen LogP contribution in [0.4, 0.5) is 0 Å². The van der Waals surface area contributed by atoms with Crippen LogP contribution in [-0.4, -0.2) is 0 Å². The Morgan fingerprint density at radius 1 is 1.24 bits per heavy atom. The van der Waals surface area contributed by atoms with Crippen molar-refractivity contribution in [3.05, 3.63) is 34.6 Å². The van der Waals surface area contributed by atoms with Crippen molar-refractivity contribution in [1.29, 1.82) is 0 Å². The van der Waals surface area contributed by atoms with Gasteiger partial charge in [0.15, 0.2) is 0 Å². The molecule has 0 aromatic heterocycles. The Morgan fingerprint density at radius 3 is 2.76 bits per heavy atom. The molecule has 0 bridgehead atoms. The third-order valence-corrected chi connectivity index (χ3v) is 4.94. The molecule has 0 amide bonds. The lowest BCUT2D eigenvalue weighted by atomic mass is 9.78. The maximum atomic E-state index is 6.31. The summed E-state index contributed by atoms with van der Waals surface area (Å²) < 4.78 is 0. The van der Waals surface area contributed by atoms with Crippen molar-refractivity contribution in [2.45, 2.75) is 51.9 Å². The van der Waals surface area contributed by atoms with E-state index in [1.165, 1.54) is 48.9 Å². The zero-order valence-corrected chi connectivity index (χ0v) is 10.9. The molecular formula is C16H23N. The molecule has 1 nitrogen and oxygen atoms in total. The Bertz CT molecular complexity index is 425. The molecule has 3 aliphatic rings. The van der Waals surface area contributed by atoms with Gasteiger partial charge in [0.05, 0.1) is 0 Å². The molecule has 0 aliphatic heterocycles. The van der Waals surface area contributed by atoms with Crippen LogP contribution >= 0.6 is 0 Å². The molecule has 0 heterocycles. The van der Waals surface area contributed by atoms with Crippen LogP contribution in [0.3, 0.4) is 0 Å². The molecule has 2 atom stereocenters. The van der Waals surface area contributed by atoms with Crippen LogP contribution in [0.1, 0.15) is 51.9 Å². The summed E-state index contributed by atoms with van der Waals surface area (Å²) in [4.78, 5) is 0. The van der Waals surface area contributed by atoms with Gasteiger partial charge in [-0.3, -0.25) is 0 Å². The van der Waals surface area contributed by atoms with Gasteiger partial charge in [-0.15, -0.1) is 0 Å². The highest BCUT2D eigenvalue weighted by Crippen LogP contribution is 2.53. The third-order valence-electron chi connectivity index (χ3n) is 4.94. The van der Waals surface area contributed by atoms with E-state index in [1.54, 1.807) is 11.1 Å². The van der Waals surface area contributed by atoms with E-state index in [-0.39, 0.29) is 0 Å². The first kappa shape index (κ1) is 11.1. The van der Waals surface area contributed by atoms with Gasteiger partial charge in [0.2, 0.25) is 0 Å². The van der Waals surface area contributed by atoms with E-state index in [0.717, 1.165) is 24.7 Å². The predicted molar refractivity (Wildman–Crippen MR) is 72.4 cm³/mol. The van der Waals surface area contributed by atoms with E-state index in [0.29, 0.717) is 0 Å². The summed E-state index contributed by atoms with van der Waals surface area (Å²) in [6.45, 7) is 6.32. The van der Waals surface area contributed by atoms with Crippen molar-refractivity contribution in [2.24, 2.45) is 17.6 Å². The van der Waals surface area contributed by atoms with Gasteiger partial charge in [0.1, 0.15) is 0 Å². The Kier molecular flexibility index (Phi) is 2.65. The minimum Gasteiger partial charge on any atom is -0.402 e. The van der Waals surface area contributed by atoms with E-state index >= 15 is 0 Å². The molecule has 1 heteroatoms. The largest absolute Gasteiger partial charge is 0.402 e. The second kappa shape index (κ2) is 4.04. The topological polar surface area (TPSA) is 26.0 Å². The molecule has 2 fully saturated rings. The second-order valence-corrected chi connectivity index (χ2v) is 6.03. The molecule has 0 spiro atoms. The molecule has 0 aromatic carbocycles. The van der Waals surface area contributed by atoms with Crippen molar-refractivity contribution in [3.63, 3.8) is 0 Å². The van der Waals surface area contributed by atoms with Crippen LogP contribution in [0.2, 0.25) is 0 Å². The molecule has 2 unspecified atom stereocenters. The monoisotopic (exact) mass is 229 g/mol. The first-order valence-electron chi connectivity index (χ1n) is 7.05. The summed E-state index contributed by atoms with van der Waals surface area (Å²) in [7, 11) is 0. The summed E-state index contributed by atoms with van der Waals surface area (Å²) >= 11 is 0. The minimum absolute atomic E-state index is 0.786. The highest BCUT2D eigenvalue weighted by Gasteiger charge is 2.40. The van der Waals surface area contributed by atoms with E-state index in [2.05, 4.69) is 13.5 Å². The minimum atomic E-state index is 0.786. The third kappa shape index (κ3) is 1.67. The van der Waals surface area contributed by atoms with Gasteiger partial charge < -0.3 is 5.73 Å². The van der Waals surface area contributed by atoms with Gasteiger partial charge in [-0.1, -0.05) is 25.0 Å². The quantitative estimate of drug-likeness (QED) is 0.720. The van der Waals surface area contributed by atoms with E-state index in [1.807, 2.05) is 0 Å². The van der Waals surface area contributed by atoms with Gasteiger partial charge >= 0.3 is 0 Å². The fourth-order valence-electron chi connectivity index (χ4n) is 4.16. The zero-order valence-electron chi connectivity index (χ0n) is 10.9. The molecule has 17 heavy (non-hydrogen) atoms. The molecule has 0 radical (unpaired) electrons. The number of nitrogens with two attached hydrogens (primary N) is 1. The maximum absolute atomic E-state index is 6.31. The summed E-state index contributed by atoms with van der Waals surface area (Å²) in [6.07, 6.45) is 9.06. The van der Waals surface area contributed by atoms with Gasteiger partial charge in [-0.05, 0) is 67.6 Å². The molecule has 2 N–H and O–H groups in total. The van der Waals surface area contributed by atoms with Crippen molar-refractivity contribution in [2.75, 3.05) is 0 Å². The van der Waals surface area contributed by atoms with Crippen molar-refractivity contribution in [3.8, 4) is 0 Å². The number of hydrogen-bond acceptors (Lipinski definition) is 1. The Labute approximate surface area is 104 Å². The lowest BCUT2D eigenvalue weighted by Gasteiger charge is -2.27. The van der Waals surface area contributed by atoms with Crippen LogP contribution < -0.4 is 5.73 Å². The van der Waals surface area contributed by atoms with Crippen LogP contribution in [0.25, 0.3) is 0 Å². The number of rotatable bonds is 1. The van der Waals surface area contributed by atoms with Crippen LogP contribution in [0.5, 0.6) is 0 Å². The standard InChI is InChI=1S/C16H23N/c1-10(2)12-7-8-15(17)16-13-6-4-3-5-11(13)9-14(12)16/h11,13H,1,3-9,17H2,2H3. The molecule has 3 rings (SSSR count). The van der Waals surface area contributed by atoms with Gasteiger partial charge in [0.25, 0.3) is 0 Å². The van der Waals surface area contributed by atoms with Crippen LogP contribution in [0, 0.1) is 11.8 Å². The second-order valence-electron chi connectivity index (χ2n) is 6.03. The Hall–Kier alpha value is -0.980. The normalized spacial score (nSPS) is 32.5. The average molecular weight is 229 g/mol. The maximum Gasteiger partial charge on any atom is 0.0122 e. The Morgan fingerprint density at radius 2 is 2.00 bits per heavy atom. The molecule has 2 saturated carbocycles. The summed E-state index contributed by atoms with van der Waals surface area (Å²) in [5.41, 5.74) is 13.4. The number of allylic oxidation sites excluding steroid dienone is 5. The van der Waals surface area contributed by atoms with Crippen LogP contribution in [0.15, 0.2) is 34.6 Å². The number of fused-ring (bicyclic) bond motifs is 3. The summed E-state index contributed by atoms with van der Waals surface area (Å²) in [5.74, 6) is 1.67. The molecule has 92 valence electrons. The van der Waals surface area contributed by atoms with Crippen molar-refractivity contribution >= 4 is 0 Å². The first-order valence-corrected chi connectivity index (χ1v) is 7.05. The highest BCUT2D eigenvalue weighted by molar-refractivity contribution is 5.52.